The first-order chi connectivity index (χ1) is 16.5. The summed E-state index contributed by atoms with van der Waals surface area (Å²) in [6.07, 6.45) is 8.73. The molecule has 1 heterocycles. The van der Waals surface area contributed by atoms with Crippen LogP contribution in [0.4, 0.5) is 5.13 Å². The van der Waals surface area contributed by atoms with Crippen molar-refractivity contribution in [3.63, 3.8) is 0 Å². The zero-order valence-electron chi connectivity index (χ0n) is 19.9. The third-order valence-corrected chi connectivity index (χ3v) is 6.88. The number of carbonyl (C=O) groups is 1. The molecule has 3 aromatic rings. The Morgan fingerprint density at radius 1 is 1.09 bits per heavy atom. The van der Waals surface area contributed by atoms with E-state index in [-0.39, 0.29) is 5.91 Å². The van der Waals surface area contributed by atoms with Crippen LogP contribution in [0.2, 0.25) is 0 Å². The molecule has 7 heteroatoms. The standard InChI is InChI=1S/C27H31BrN2O3S/c1-4-6-7-8-17-33-22-15-9-19(18-23(22)32-3)10-16-25(31)29-27-30-26(24(5-2)34-27)20-11-13-21(28)14-12-20/h9-16,18H,4-8,17H2,1-3H3,(H,29,30,31)/b16-10+. The molecule has 0 aliphatic heterocycles. The Kier molecular flexibility index (Phi) is 10.2. The number of benzene rings is 2. The van der Waals surface area contributed by atoms with Crippen molar-refractivity contribution >= 4 is 44.4 Å². The zero-order valence-corrected chi connectivity index (χ0v) is 22.3. The number of halogens is 1. The maximum atomic E-state index is 12.5. The SMILES string of the molecule is CCCCCCOc1ccc(/C=C/C(=O)Nc2nc(-c3ccc(Br)cc3)c(CC)s2)cc1OC. The third kappa shape index (κ3) is 7.43. The molecule has 5 nitrogen and oxygen atoms in total. The fraction of sp³-hybridized carbons (Fsp3) is 0.333. The Labute approximate surface area is 214 Å². The number of amides is 1. The van der Waals surface area contributed by atoms with E-state index in [2.05, 4.69) is 40.1 Å². The lowest BCUT2D eigenvalue weighted by atomic mass is 10.1. The molecule has 3 rings (SSSR count). The largest absolute Gasteiger partial charge is 0.493 e. The average Bonchev–Trinajstić information content (AvgIpc) is 3.26. The predicted molar refractivity (Wildman–Crippen MR) is 145 cm³/mol. The van der Waals surface area contributed by atoms with E-state index in [4.69, 9.17) is 9.47 Å². The Morgan fingerprint density at radius 3 is 2.59 bits per heavy atom. The van der Waals surface area contributed by atoms with Crippen LogP contribution in [0.25, 0.3) is 17.3 Å². The molecule has 0 aliphatic rings. The number of ether oxygens (including phenoxy) is 2. The number of hydrogen-bond donors (Lipinski definition) is 1. The van der Waals surface area contributed by atoms with Crippen LogP contribution in [0, 0.1) is 0 Å². The van der Waals surface area contributed by atoms with Gasteiger partial charge in [0.2, 0.25) is 5.91 Å². The topological polar surface area (TPSA) is 60.5 Å². The van der Waals surface area contributed by atoms with Crippen LogP contribution in [-0.4, -0.2) is 24.6 Å². The summed E-state index contributed by atoms with van der Waals surface area (Å²) in [6.45, 7) is 4.95. The van der Waals surface area contributed by atoms with Crippen molar-refractivity contribution in [3.05, 3.63) is 63.5 Å². The van der Waals surface area contributed by atoms with E-state index in [0.29, 0.717) is 17.5 Å². The quantitative estimate of drug-likeness (QED) is 0.187. The highest BCUT2D eigenvalue weighted by Gasteiger charge is 2.13. The van der Waals surface area contributed by atoms with Gasteiger partial charge in [-0.25, -0.2) is 4.98 Å². The first kappa shape index (κ1) is 26.0. The van der Waals surface area contributed by atoms with Crippen LogP contribution in [-0.2, 0) is 11.2 Å². The number of hydrogen-bond acceptors (Lipinski definition) is 5. The summed E-state index contributed by atoms with van der Waals surface area (Å²) in [5, 5.41) is 3.48. The van der Waals surface area contributed by atoms with Gasteiger partial charge < -0.3 is 9.47 Å². The van der Waals surface area contributed by atoms with Crippen LogP contribution in [0.15, 0.2) is 53.0 Å². The second-order valence-corrected chi connectivity index (χ2v) is 9.79. The molecule has 1 N–H and O–H groups in total. The number of rotatable bonds is 12. The van der Waals surface area contributed by atoms with Gasteiger partial charge in [-0.1, -0.05) is 67.2 Å². The van der Waals surface area contributed by atoms with Crippen molar-refractivity contribution in [2.45, 2.75) is 46.0 Å². The number of methoxy groups -OCH3 is 1. The summed E-state index contributed by atoms with van der Waals surface area (Å²) < 4.78 is 12.4. The van der Waals surface area contributed by atoms with Gasteiger partial charge in [-0.2, -0.15) is 0 Å². The zero-order chi connectivity index (χ0) is 24.3. The molecule has 0 unspecified atom stereocenters. The van der Waals surface area contributed by atoms with Gasteiger partial charge in [0, 0.05) is 21.0 Å². The van der Waals surface area contributed by atoms with Crippen molar-refractivity contribution in [2.24, 2.45) is 0 Å². The summed E-state index contributed by atoms with van der Waals surface area (Å²) in [5.74, 6) is 1.15. The number of unbranched alkanes of at least 4 members (excludes halogenated alkanes) is 3. The van der Waals surface area contributed by atoms with Crippen molar-refractivity contribution < 1.29 is 14.3 Å². The highest BCUT2D eigenvalue weighted by atomic mass is 79.9. The number of anilines is 1. The Bertz CT molecular complexity index is 1110. The molecule has 0 bridgehead atoms. The molecular formula is C27H31BrN2O3S. The van der Waals surface area contributed by atoms with Crippen LogP contribution in [0.1, 0.15) is 50.0 Å². The van der Waals surface area contributed by atoms with E-state index in [1.807, 2.05) is 42.5 Å². The summed E-state index contributed by atoms with van der Waals surface area (Å²) in [4.78, 5) is 18.3. The number of nitrogens with one attached hydrogen (secondary N) is 1. The molecule has 0 aliphatic carbocycles. The molecule has 0 spiro atoms. The molecular weight excluding hydrogens is 512 g/mol. The van der Waals surface area contributed by atoms with E-state index >= 15 is 0 Å². The van der Waals surface area contributed by atoms with Gasteiger partial charge in [-0.3, -0.25) is 10.1 Å². The van der Waals surface area contributed by atoms with Crippen molar-refractivity contribution in [1.82, 2.24) is 4.98 Å². The molecule has 34 heavy (non-hydrogen) atoms. The lowest BCUT2D eigenvalue weighted by Gasteiger charge is -2.11. The van der Waals surface area contributed by atoms with E-state index in [9.17, 15) is 4.79 Å². The van der Waals surface area contributed by atoms with Gasteiger partial charge in [0.1, 0.15) is 0 Å². The number of aryl methyl sites for hydroxylation is 1. The smallest absolute Gasteiger partial charge is 0.250 e. The average molecular weight is 544 g/mol. The second kappa shape index (κ2) is 13.3. The van der Waals surface area contributed by atoms with E-state index in [1.165, 1.54) is 30.3 Å². The van der Waals surface area contributed by atoms with Crippen molar-refractivity contribution in [3.8, 4) is 22.8 Å². The van der Waals surface area contributed by atoms with E-state index in [0.717, 1.165) is 51.2 Å². The molecule has 1 aromatic heterocycles. The van der Waals surface area contributed by atoms with E-state index in [1.54, 1.807) is 13.2 Å². The number of thiazole rings is 1. The van der Waals surface area contributed by atoms with Gasteiger partial charge in [-0.15, -0.1) is 11.3 Å². The van der Waals surface area contributed by atoms with Crippen molar-refractivity contribution in [2.75, 3.05) is 19.0 Å². The summed E-state index contributed by atoms with van der Waals surface area (Å²) >= 11 is 4.97. The molecule has 180 valence electrons. The van der Waals surface area contributed by atoms with Crippen molar-refractivity contribution in [1.29, 1.82) is 0 Å². The number of carbonyl (C=O) groups excluding carboxylic acids is 1. The maximum absolute atomic E-state index is 12.5. The fourth-order valence-corrected chi connectivity index (χ4v) is 4.61. The molecule has 0 fully saturated rings. The monoisotopic (exact) mass is 542 g/mol. The minimum absolute atomic E-state index is 0.228. The van der Waals surface area contributed by atoms with Crippen LogP contribution >= 0.6 is 27.3 Å². The third-order valence-electron chi connectivity index (χ3n) is 5.24. The Morgan fingerprint density at radius 2 is 1.88 bits per heavy atom. The summed E-state index contributed by atoms with van der Waals surface area (Å²) in [5.41, 5.74) is 2.80. The van der Waals surface area contributed by atoms with Crippen LogP contribution in [0.3, 0.4) is 0 Å². The van der Waals surface area contributed by atoms with Gasteiger partial charge in [0.25, 0.3) is 0 Å². The highest BCUT2D eigenvalue weighted by molar-refractivity contribution is 9.10. The minimum Gasteiger partial charge on any atom is -0.493 e. The molecule has 0 atom stereocenters. The van der Waals surface area contributed by atoms with Gasteiger partial charge in [0.05, 0.1) is 19.4 Å². The number of aromatic nitrogens is 1. The first-order valence-corrected chi connectivity index (χ1v) is 13.2. The van der Waals surface area contributed by atoms with Gasteiger partial charge in [-0.05, 0) is 48.7 Å². The molecule has 0 saturated heterocycles. The lowest BCUT2D eigenvalue weighted by Crippen LogP contribution is -2.07. The van der Waals surface area contributed by atoms with Gasteiger partial charge >= 0.3 is 0 Å². The molecule has 0 radical (unpaired) electrons. The first-order valence-electron chi connectivity index (χ1n) is 11.6. The van der Waals surface area contributed by atoms with E-state index < -0.39 is 0 Å². The Hall–Kier alpha value is -2.64. The summed E-state index contributed by atoms with van der Waals surface area (Å²) in [6, 6.07) is 13.7. The molecule has 1 amide bonds. The second-order valence-electron chi connectivity index (χ2n) is 7.79. The fourth-order valence-electron chi connectivity index (χ4n) is 3.42. The Balaban J connectivity index is 1.63. The normalized spacial score (nSPS) is 11.1. The van der Waals surface area contributed by atoms with Crippen LogP contribution < -0.4 is 14.8 Å². The lowest BCUT2D eigenvalue weighted by molar-refractivity contribution is -0.111. The maximum Gasteiger partial charge on any atom is 0.250 e. The predicted octanol–water partition coefficient (Wildman–Crippen LogP) is 7.75. The van der Waals surface area contributed by atoms with Crippen LogP contribution in [0.5, 0.6) is 11.5 Å². The highest BCUT2D eigenvalue weighted by Crippen LogP contribution is 2.32. The molecule has 2 aromatic carbocycles. The van der Waals surface area contributed by atoms with Gasteiger partial charge in [0.15, 0.2) is 16.6 Å². The number of nitrogens with zero attached hydrogens (tertiary/aromatic N) is 1. The minimum atomic E-state index is -0.228. The summed E-state index contributed by atoms with van der Waals surface area (Å²) in [7, 11) is 1.62. The molecule has 0 saturated carbocycles.